The number of carbonyl (C=O) groups is 2. The van der Waals surface area contributed by atoms with Gasteiger partial charge in [0.2, 0.25) is 0 Å². The Kier molecular flexibility index (Phi) is 10.6. The molecular formula is C28H21N3O20S6. The van der Waals surface area contributed by atoms with Crippen molar-refractivity contribution in [1.29, 1.82) is 0 Å². The van der Waals surface area contributed by atoms with Gasteiger partial charge in [-0.3, -0.25) is 36.9 Å². The van der Waals surface area contributed by atoms with Crippen LogP contribution in [-0.2, 0) is 60.7 Å². The molecule has 0 aliphatic rings. The second kappa shape index (κ2) is 14.0. The molecule has 0 radical (unpaired) electrons. The van der Waals surface area contributed by atoms with E-state index in [-0.39, 0.29) is 12.1 Å². The van der Waals surface area contributed by atoms with Crippen LogP contribution in [0.4, 0.5) is 17.1 Å². The van der Waals surface area contributed by atoms with Crippen molar-refractivity contribution >= 4 is 111 Å². The smallest absolute Gasteiger partial charge is 0.295 e. The number of hydrogen-bond donors (Lipinski definition) is 9. The van der Waals surface area contributed by atoms with E-state index in [2.05, 4.69) is 10.6 Å². The molecule has 57 heavy (non-hydrogen) atoms. The van der Waals surface area contributed by atoms with Crippen molar-refractivity contribution in [3.05, 3.63) is 77.9 Å². The van der Waals surface area contributed by atoms with Crippen LogP contribution in [0.1, 0.15) is 20.7 Å². The Labute approximate surface area is 320 Å². The first-order valence-corrected chi connectivity index (χ1v) is 23.0. The lowest BCUT2D eigenvalue weighted by Crippen LogP contribution is -2.18. The molecule has 0 aliphatic heterocycles. The Balaban J connectivity index is 1.67. The van der Waals surface area contributed by atoms with E-state index >= 15 is 0 Å². The van der Waals surface area contributed by atoms with E-state index < -0.39 is 152 Å². The van der Waals surface area contributed by atoms with Gasteiger partial charge in [0.15, 0.2) is 0 Å². The zero-order valence-electron chi connectivity index (χ0n) is 27.3. The fraction of sp³-hybridized carbons (Fsp3) is 0. The van der Waals surface area contributed by atoms with Crippen molar-refractivity contribution in [2.75, 3.05) is 16.4 Å². The summed E-state index contributed by atoms with van der Waals surface area (Å²) in [5.74, 6) is -2.70. The van der Waals surface area contributed by atoms with Gasteiger partial charge in [-0.2, -0.15) is 50.5 Å². The highest BCUT2D eigenvalue weighted by molar-refractivity contribution is 7.87. The van der Waals surface area contributed by atoms with Gasteiger partial charge in [-0.15, -0.1) is 0 Å². The van der Waals surface area contributed by atoms with E-state index in [1.54, 1.807) is 0 Å². The zero-order chi connectivity index (χ0) is 43.0. The molecule has 2 amide bonds. The molecule has 0 aromatic heterocycles. The number of amides is 2. The van der Waals surface area contributed by atoms with Gasteiger partial charge in [0.1, 0.15) is 9.79 Å². The molecule has 0 unspecified atom stereocenters. The Hall–Kier alpha value is -5.18. The predicted octanol–water partition coefficient (Wildman–Crippen LogP) is 1.56. The number of anilines is 3. The highest BCUT2D eigenvalue weighted by atomic mass is 32.2. The number of nitrogens with one attached hydrogen (secondary N) is 2. The first kappa shape index (κ1) is 43.0. The Morgan fingerprint density at radius 2 is 0.684 bits per heavy atom. The highest BCUT2D eigenvalue weighted by Gasteiger charge is 2.28. The molecule has 0 spiro atoms. The molecular weight excluding hydrogens is 891 g/mol. The van der Waals surface area contributed by atoms with Crippen LogP contribution in [0.2, 0.25) is 0 Å². The van der Waals surface area contributed by atoms with Gasteiger partial charge in [0.05, 0.1) is 31.0 Å². The molecule has 0 saturated heterocycles. The zero-order valence-corrected chi connectivity index (χ0v) is 32.2. The molecule has 0 heterocycles. The quantitative estimate of drug-likeness (QED) is 0.0709. The summed E-state index contributed by atoms with van der Waals surface area (Å²) in [5.41, 5.74) is 2.60. The fourth-order valence-electron chi connectivity index (χ4n) is 5.35. The number of fused-ring (bicyclic) bond motifs is 2. The van der Waals surface area contributed by atoms with Crippen LogP contribution in [0.3, 0.4) is 0 Å². The number of nitrogen functional groups attached to an aromatic ring is 1. The van der Waals surface area contributed by atoms with Crippen LogP contribution in [0, 0.1) is 0 Å². The van der Waals surface area contributed by atoms with Gasteiger partial charge in [0.25, 0.3) is 72.5 Å². The minimum atomic E-state index is -5.45. The summed E-state index contributed by atoms with van der Waals surface area (Å²) >= 11 is 0. The van der Waals surface area contributed by atoms with E-state index in [4.69, 9.17) is 5.73 Å². The lowest BCUT2D eigenvalue weighted by molar-refractivity contribution is 0.102. The number of benzene rings is 5. The molecule has 29 heteroatoms. The van der Waals surface area contributed by atoms with Gasteiger partial charge in [0, 0.05) is 27.6 Å². The summed E-state index contributed by atoms with van der Waals surface area (Å²) in [6.45, 7) is 0. The first-order valence-electron chi connectivity index (χ1n) is 14.4. The summed E-state index contributed by atoms with van der Waals surface area (Å²) < 4.78 is 203. The van der Waals surface area contributed by atoms with E-state index in [9.17, 15) is 87.4 Å². The van der Waals surface area contributed by atoms with Crippen LogP contribution in [0.5, 0.6) is 0 Å². The number of carbonyl (C=O) groups excluding carboxylic acids is 2. The standard InChI is InChI=1S/C28H21N3O20S6/c29-16-2-14(27(32)30-21-8-17(52(34,35)36)4-12-6-19(54(40,41)42)10-23(25(12)21)56(46,47)48)1-15(3-16)28(33)31-22-9-18(53(37,38)39)5-13-7-20(55(43,44)45)11-24(26(13)22)57(49,50)51/h1-11H,29H2,(H,30,32)(H,31,33)(H,34,35,36)(H,37,38,39)(H,40,41,42)(H,43,44,45)(H,46,47,48)(H,49,50,51). The molecule has 5 rings (SSSR count). The third kappa shape index (κ3) is 9.19. The van der Waals surface area contributed by atoms with Crippen molar-refractivity contribution in [2.24, 2.45) is 0 Å². The van der Waals surface area contributed by atoms with Gasteiger partial charge in [-0.25, -0.2) is 0 Å². The number of hydrogen-bond acceptors (Lipinski definition) is 15. The largest absolute Gasteiger partial charge is 0.399 e. The molecule has 23 nitrogen and oxygen atoms in total. The normalized spacial score (nSPS) is 13.1. The van der Waals surface area contributed by atoms with E-state index in [1.807, 2.05) is 0 Å². The molecule has 0 saturated carbocycles. The van der Waals surface area contributed by atoms with Crippen LogP contribution < -0.4 is 16.4 Å². The summed E-state index contributed by atoms with van der Waals surface area (Å²) in [6, 6.07) is 6.17. The lowest BCUT2D eigenvalue weighted by atomic mass is 10.1. The number of nitrogens with two attached hydrogens (primary N) is 1. The maximum atomic E-state index is 13.6. The van der Waals surface area contributed by atoms with E-state index in [0.717, 1.165) is 18.2 Å². The summed E-state index contributed by atoms with van der Waals surface area (Å²) in [5, 5.41) is 1.24. The van der Waals surface area contributed by atoms with Crippen molar-refractivity contribution in [3.8, 4) is 0 Å². The Morgan fingerprint density at radius 3 is 0.947 bits per heavy atom. The topological polar surface area (TPSA) is 410 Å². The molecule has 0 aliphatic carbocycles. The molecule has 0 atom stereocenters. The third-order valence-electron chi connectivity index (χ3n) is 7.64. The summed E-state index contributed by atoms with van der Waals surface area (Å²) in [6.07, 6.45) is 0. The fourth-order valence-corrected chi connectivity index (χ4v) is 9.19. The van der Waals surface area contributed by atoms with E-state index in [0.29, 0.717) is 36.4 Å². The molecule has 304 valence electrons. The summed E-state index contributed by atoms with van der Waals surface area (Å²) in [4.78, 5) is 20.1. The monoisotopic (exact) mass is 911 g/mol. The maximum absolute atomic E-state index is 13.6. The second-order valence-corrected chi connectivity index (χ2v) is 20.0. The summed E-state index contributed by atoms with van der Waals surface area (Å²) in [7, 11) is -31.8. The average Bonchev–Trinajstić information content (AvgIpc) is 3.04. The molecule has 10 N–H and O–H groups in total. The molecule has 5 aromatic carbocycles. The second-order valence-electron chi connectivity index (χ2n) is 11.6. The minimum absolute atomic E-state index is 0.260. The van der Waals surface area contributed by atoms with Crippen molar-refractivity contribution < 1.29 is 87.4 Å². The average molecular weight is 912 g/mol. The minimum Gasteiger partial charge on any atom is -0.399 e. The van der Waals surface area contributed by atoms with Crippen LogP contribution in [0.15, 0.2) is 96.1 Å². The number of rotatable bonds is 10. The Bertz CT molecular complexity index is 3100. The maximum Gasteiger partial charge on any atom is 0.295 e. The van der Waals surface area contributed by atoms with Crippen molar-refractivity contribution in [2.45, 2.75) is 29.4 Å². The van der Waals surface area contributed by atoms with Crippen molar-refractivity contribution in [1.82, 2.24) is 0 Å². The Morgan fingerprint density at radius 1 is 0.404 bits per heavy atom. The predicted molar refractivity (Wildman–Crippen MR) is 194 cm³/mol. The van der Waals surface area contributed by atoms with Gasteiger partial charge >= 0.3 is 0 Å². The molecule has 5 aromatic rings. The van der Waals surface area contributed by atoms with Crippen LogP contribution in [0.25, 0.3) is 21.5 Å². The van der Waals surface area contributed by atoms with Gasteiger partial charge in [-0.1, -0.05) is 0 Å². The van der Waals surface area contributed by atoms with Gasteiger partial charge < -0.3 is 16.4 Å². The SMILES string of the molecule is Nc1cc(C(=O)Nc2cc(S(=O)(=O)O)cc3cc(S(=O)(=O)O)cc(S(=O)(=O)O)c23)cc(C(=O)Nc2cc(S(=O)(=O)O)cc3cc(S(=O)(=O)O)cc(S(=O)(=O)O)c23)c1. The lowest BCUT2D eigenvalue weighted by Gasteiger charge is -2.16. The van der Waals surface area contributed by atoms with E-state index in [1.165, 1.54) is 0 Å². The van der Waals surface area contributed by atoms with Crippen molar-refractivity contribution in [3.63, 3.8) is 0 Å². The molecule has 0 fully saturated rings. The van der Waals surface area contributed by atoms with Crippen LogP contribution >= 0.6 is 0 Å². The van der Waals surface area contributed by atoms with Crippen LogP contribution in [-0.4, -0.2) is 89.6 Å². The highest BCUT2D eigenvalue weighted by Crippen LogP contribution is 2.37. The van der Waals surface area contributed by atoms with Gasteiger partial charge in [-0.05, 0) is 77.5 Å². The third-order valence-corrected chi connectivity index (χ3v) is 12.7. The first-order chi connectivity index (χ1) is 25.7. The molecule has 0 bridgehead atoms.